The number of ether oxygens (including phenoxy) is 3. The van der Waals surface area contributed by atoms with E-state index in [0.29, 0.717) is 33.9 Å². The van der Waals surface area contributed by atoms with Crippen molar-refractivity contribution in [2.75, 3.05) is 27.9 Å². The minimum atomic E-state index is -0.467. The lowest BCUT2D eigenvalue weighted by molar-refractivity contribution is -0.116. The number of nitrogens with one attached hydrogen (secondary N) is 1. The molecule has 0 aliphatic heterocycles. The lowest BCUT2D eigenvalue weighted by Gasteiger charge is -2.12. The predicted molar refractivity (Wildman–Crippen MR) is 116 cm³/mol. The van der Waals surface area contributed by atoms with E-state index in [1.165, 1.54) is 32.0 Å². The molecular formula is C21H21BrN2O6. The number of amides is 1. The zero-order valence-corrected chi connectivity index (χ0v) is 18.3. The number of carbonyl (C=O) groups is 1. The summed E-state index contributed by atoms with van der Waals surface area (Å²) in [5.74, 6) is 0.702. The number of nitrogens with zero attached hydrogens (tertiary/aromatic N) is 1. The highest BCUT2D eigenvalue weighted by molar-refractivity contribution is 9.10. The van der Waals surface area contributed by atoms with Crippen LogP contribution in [0.2, 0.25) is 0 Å². The Hall–Kier alpha value is -3.20. The number of methoxy groups -OCH3 is 3. The Kier molecular flexibility index (Phi) is 6.83. The van der Waals surface area contributed by atoms with Crippen LogP contribution in [-0.2, 0) is 11.3 Å². The molecule has 3 rings (SSSR count). The quantitative estimate of drug-likeness (QED) is 0.501. The molecule has 8 nitrogen and oxygen atoms in total. The average molecular weight is 477 g/mol. The van der Waals surface area contributed by atoms with Crippen molar-refractivity contribution < 1.29 is 23.4 Å². The van der Waals surface area contributed by atoms with Crippen molar-refractivity contribution in [1.82, 2.24) is 9.88 Å². The molecule has 2 aromatic carbocycles. The minimum Gasteiger partial charge on any atom is -0.493 e. The standard InChI is InChI=1S/C21H21BrN2O6/c1-27-17-10-13(11-18(28-2)20(17)29-3)4-7-19(25)23-8-9-24-15-6-5-14(22)12-16(15)30-21(24)26/h4-7,10-12H,8-9H2,1-3H3,(H,23,25)/b7-4+. The van der Waals surface area contributed by atoms with Gasteiger partial charge in [-0.15, -0.1) is 0 Å². The number of hydrogen-bond acceptors (Lipinski definition) is 6. The van der Waals surface area contributed by atoms with Crippen molar-refractivity contribution >= 4 is 39.0 Å². The van der Waals surface area contributed by atoms with E-state index in [1.54, 1.807) is 30.3 Å². The number of aromatic nitrogens is 1. The fraction of sp³-hybridized carbons (Fsp3) is 0.238. The van der Waals surface area contributed by atoms with Gasteiger partial charge in [0.05, 0.1) is 26.8 Å². The van der Waals surface area contributed by atoms with E-state index in [9.17, 15) is 9.59 Å². The highest BCUT2D eigenvalue weighted by Gasteiger charge is 2.12. The van der Waals surface area contributed by atoms with Gasteiger partial charge in [-0.05, 0) is 42.0 Å². The highest BCUT2D eigenvalue weighted by atomic mass is 79.9. The number of fused-ring (bicyclic) bond motifs is 1. The molecule has 9 heteroatoms. The van der Waals surface area contributed by atoms with Crippen LogP contribution < -0.4 is 25.3 Å². The molecule has 0 fully saturated rings. The van der Waals surface area contributed by atoms with Gasteiger partial charge in [-0.3, -0.25) is 9.36 Å². The molecule has 1 N–H and O–H groups in total. The van der Waals surface area contributed by atoms with Crippen LogP contribution >= 0.6 is 15.9 Å². The Balaban J connectivity index is 1.65. The second-order valence-corrected chi connectivity index (χ2v) is 7.13. The van der Waals surface area contributed by atoms with Gasteiger partial charge in [-0.25, -0.2) is 4.79 Å². The first-order valence-corrected chi connectivity index (χ1v) is 9.81. The van der Waals surface area contributed by atoms with Crippen LogP contribution in [0, 0.1) is 0 Å². The van der Waals surface area contributed by atoms with E-state index in [0.717, 1.165) is 4.47 Å². The predicted octanol–water partition coefficient (Wildman–Crippen LogP) is 3.21. The Labute approximate surface area is 181 Å². The molecule has 0 saturated carbocycles. The maximum Gasteiger partial charge on any atom is 0.420 e. The number of halogens is 1. The van der Waals surface area contributed by atoms with Gasteiger partial charge in [0.1, 0.15) is 0 Å². The smallest absolute Gasteiger partial charge is 0.420 e. The molecule has 0 spiro atoms. The summed E-state index contributed by atoms with van der Waals surface area (Å²) in [6, 6.07) is 8.82. The van der Waals surface area contributed by atoms with Gasteiger partial charge in [-0.1, -0.05) is 15.9 Å². The summed E-state index contributed by atoms with van der Waals surface area (Å²) in [5, 5.41) is 2.75. The van der Waals surface area contributed by atoms with Crippen LogP contribution in [0.15, 0.2) is 50.1 Å². The number of rotatable bonds is 8. The maximum atomic E-state index is 12.2. The van der Waals surface area contributed by atoms with Crippen molar-refractivity contribution in [3.05, 3.63) is 57.0 Å². The van der Waals surface area contributed by atoms with Crippen molar-refractivity contribution in [2.45, 2.75) is 6.54 Å². The maximum absolute atomic E-state index is 12.2. The first-order valence-electron chi connectivity index (χ1n) is 9.01. The van der Waals surface area contributed by atoms with Crippen LogP contribution in [0.4, 0.5) is 0 Å². The van der Waals surface area contributed by atoms with E-state index in [-0.39, 0.29) is 19.0 Å². The fourth-order valence-corrected chi connectivity index (χ4v) is 3.31. The van der Waals surface area contributed by atoms with Crippen molar-refractivity contribution in [3.8, 4) is 17.2 Å². The normalized spacial score (nSPS) is 11.1. The van der Waals surface area contributed by atoms with Gasteiger partial charge in [0.15, 0.2) is 17.1 Å². The monoisotopic (exact) mass is 476 g/mol. The molecule has 0 saturated heterocycles. The summed E-state index contributed by atoms with van der Waals surface area (Å²) >= 11 is 3.34. The van der Waals surface area contributed by atoms with Crippen molar-refractivity contribution in [3.63, 3.8) is 0 Å². The molecule has 3 aromatic rings. The second-order valence-electron chi connectivity index (χ2n) is 6.21. The number of hydrogen-bond donors (Lipinski definition) is 1. The van der Waals surface area contributed by atoms with E-state index in [4.69, 9.17) is 18.6 Å². The van der Waals surface area contributed by atoms with Crippen LogP contribution in [0.3, 0.4) is 0 Å². The van der Waals surface area contributed by atoms with Gasteiger partial charge >= 0.3 is 5.76 Å². The topological polar surface area (TPSA) is 91.9 Å². The molecule has 158 valence electrons. The SMILES string of the molecule is COc1cc(/C=C/C(=O)NCCn2c(=O)oc3cc(Br)ccc32)cc(OC)c1OC. The number of carbonyl (C=O) groups excluding carboxylic acids is 1. The molecule has 0 unspecified atom stereocenters. The molecule has 30 heavy (non-hydrogen) atoms. The molecule has 0 aliphatic rings. The van der Waals surface area contributed by atoms with Gasteiger partial charge in [0.2, 0.25) is 11.7 Å². The van der Waals surface area contributed by atoms with Crippen molar-refractivity contribution in [2.24, 2.45) is 0 Å². The Morgan fingerprint density at radius 2 is 1.83 bits per heavy atom. The number of oxazole rings is 1. The van der Waals surface area contributed by atoms with Gasteiger partial charge in [0.25, 0.3) is 0 Å². The van der Waals surface area contributed by atoms with Crippen LogP contribution in [0.5, 0.6) is 17.2 Å². The van der Waals surface area contributed by atoms with Crippen LogP contribution in [-0.4, -0.2) is 38.3 Å². The minimum absolute atomic E-state index is 0.267. The molecule has 1 amide bonds. The zero-order valence-electron chi connectivity index (χ0n) is 16.7. The Bertz CT molecular complexity index is 1120. The van der Waals surface area contributed by atoms with E-state index in [1.807, 2.05) is 6.07 Å². The first kappa shape index (κ1) is 21.5. The average Bonchev–Trinajstić information content (AvgIpc) is 3.05. The molecule has 0 atom stereocenters. The number of benzene rings is 2. The highest BCUT2D eigenvalue weighted by Crippen LogP contribution is 2.38. The van der Waals surface area contributed by atoms with Gasteiger partial charge in [-0.2, -0.15) is 0 Å². The third kappa shape index (κ3) is 4.68. The third-order valence-corrected chi connectivity index (χ3v) is 4.87. The summed E-state index contributed by atoms with van der Waals surface area (Å²) < 4.78 is 23.4. The zero-order chi connectivity index (χ0) is 21.7. The van der Waals surface area contributed by atoms with Crippen LogP contribution in [0.1, 0.15) is 5.56 Å². The summed E-state index contributed by atoms with van der Waals surface area (Å²) in [6.07, 6.45) is 3.03. The molecule has 0 radical (unpaired) electrons. The van der Waals surface area contributed by atoms with E-state index in [2.05, 4.69) is 21.2 Å². The first-order chi connectivity index (χ1) is 14.5. The van der Waals surface area contributed by atoms with E-state index < -0.39 is 5.76 Å². The lowest BCUT2D eigenvalue weighted by atomic mass is 10.1. The molecule has 1 aromatic heterocycles. The molecule has 0 aliphatic carbocycles. The Morgan fingerprint density at radius 3 is 2.47 bits per heavy atom. The summed E-state index contributed by atoms with van der Waals surface area (Å²) in [5.41, 5.74) is 1.87. The summed E-state index contributed by atoms with van der Waals surface area (Å²) in [7, 11) is 4.58. The van der Waals surface area contributed by atoms with Crippen LogP contribution in [0.25, 0.3) is 17.2 Å². The third-order valence-electron chi connectivity index (χ3n) is 4.38. The largest absolute Gasteiger partial charge is 0.493 e. The van der Waals surface area contributed by atoms with Crippen molar-refractivity contribution in [1.29, 1.82) is 0 Å². The van der Waals surface area contributed by atoms with Gasteiger partial charge in [0, 0.05) is 23.6 Å². The van der Waals surface area contributed by atoms with Gasteiger partial charge < -0.3 is 23.9 Å². The summed E-state index contributed by atoms with van der Waals surface area (Å²) in [6.45, 7) is 0.556. The molecular weight excluding hydrogens is 456 g/mol. The Morgan fingerprint density at radius 1 is 1.13 bits per heavy atom. The molecule has 0 bridgehead atoms. The summed E-state index contributed by atoms with van der Waals surface area (Å²) in [4.78, 5) is 24.2. The molecule has 1 heterocycles. The lowest BCUT2D eigenvalue weighted by Crippen LogP contribution is -2.28. The second kappa shape index (κ2) is 9.53. The van der Waals surface area contributed by atoms with E-state index >= 15 is 0 Å². The fourth-order valence-electron chi connectivity index (χ4n) is 2.97.